The van der Waals surface area contributed by atoms with Gasteiger partial charge in [-0.05, 0) is 37.1 Å². The Morgan fingerprint density at radius 2 is 1.14 bits per heavy atom. The van der Waals surface area contributed by atoms with Gasteiger partial charge in [0.15, 0.2) is 0 Å². The van der Waals surface area contributed by atoms with Crippen molar-refractivity contribution in [2.45, 2.75) is 39.5 Å². The maximum absolute atomic E-state index is 11.7. The van der Waals surface area contributed by atoms with E-state index in [1.54, 1.807) is 24.3 Å². The SMILES string of the molecule is CCCCOC(=O)c1ccc(C(=O)OCCCC)cc1.[NaH]. The molecule has 0 N–H and O–H groups in total. The molecule has 0 spiro atoms. The van der Waals surface area contributed by atoms with E-state index in [0.717, 1.165) is 25.7 Å². The van der Waals surface area contributed by atoms with E-state index in [-0.39, 0.29) is 41.5 Å². The van der Waals surface area contributed by atoms with E-state index in [4.69, 9.17) is 9.47 Å². The number of unbranched alkanes of at least 4 members (excludes halogenated alkanes) is 2. The molecule has 21 heavy (non-hydrogen) atoms. The number of carbonyl (C=O) groups is 2. The van der Waals surface area contributed by atoms with Crippen LogP contribution in [0.1, 0.15) is 60.2 Å². The summed E-state index contributed by atoms with van der Waals surface area (Å²) in [6.07, 6.45) is 3.67. The molecule has 0 aliphatic rings. The van der Waals surface area contributed by atoms with E-state index in [2.05, 4.69) is 0 Å². The number of carbonyl (C=O) groups excluding carboxylic acids is 2. The Kier molecular flexibility index (Phi) is 11.3. The molecule has 4 nitrogen and oxygen atoms in total. The van der Waals surface area contributed by atoms with Crippen LogP contribution in [0.25, 0.3) is 0 Å². The molecule has 0 aliphatic carbocycles. The van der Waals surface area contributed by atoms with Gasteiger partial charge in [-0.1, -0.05) is 26.7 Å². The first-order valence-electron chi connectivity index (χ1n) is 7.13. The monoisotopic (exact) mass is 302 g/mol. The van der Waals surface area contributed by atoms with Crippen molar-refractivity contribution in [3.8, 4) is 0 Å². The minimum absolute atomic E-state index is 0. The molecule has 0 heterocycles. The third kappa shape index (κ3) is 7.65. The van der Waals surface area contributed by atoms with E-state index in [9.17, 15) is 9.59 Å². The zero-order chi connectivity index (χ0) is 14.8. The zero-order valence-electron chi connectivity index (χ0n) is 12.2. The molecule has 0 bridgehead atoms. The van der Waals surface area contributed by atoms with Gasteiger partial charge in [-0.15, -0.1) is 0 Å². The van der Waals surface area contributed by atoms with Gasteiger partial charge >= 0.3 is 41.5 Å². The molecule has 0 fully saturated rings. The van der Waals surface area contributed by atoms with E-state index < -0.39 is 0 Å². The number of hydrogen-bond acceptors (Lipinski definition) is 4. The summed E-state index contributed by atoms with van der Waals surface area (Å²) < 4.78 is 10.2. The molecular formula is C16H23NaO4. The topological polar surface area (TPSA) is 52.6 Å². The molecule has 0 atom stereocenters. The third-order valence-electron chi connectivity index (χ3n) is 2.82. The summed E-state index contributed by atoms with van der Waals surface area (Å²) >= 11 is 0. The van der Waals surface area contributed by atoms with Crippen LogP contribution in [0.15, 0.2) is 24.3 Å². The molecular weight excluding hydrogens is 279 g/mol. The van der Waals surface area contributed by atoms with Crippen LogP contribution in [0.5, 0.6) is 0 Å². The molecule has 0 saturated carbocycles. The maximum atomic E-state index is 11.7. The Balaban J connectivity index is 0.00000400. The average Bonchev–Trinajstić information content (AvgIpc) is 2.47. The summed E-state index contributed by atoms with van der Waals surface area (Å²) in [7, 11) is 0. The van der Waals surface area contributed by atoms with Crippen molar-refractivity contribution in [3.63, 3.8) is 0 Å². The second-order valence-corrected chi connectivity index (χ2v) is 4.56. The Bertz CT molecular complexity index is 387. The van der Waals surface area contributed by atoms with Gasteiger partial charge in [0, 0.05) is 0 Å². The van der Waals surface area contributed by atoms with Gasteiger partial charge in [-0.25, -0.2) is 9.59 Å². The van der Waals surface area contributed by atoms with Crippen LogP contribution in [-0.4, -0.2) is 54.7 Å². The molecule has 5 heteroatoms. The summed E-state index contributed by atoms with van der Waals surface area (Å²) in [5.74, 6) is -0.714. The molecule has 112 valence electrons. The van der Waals surface area contributed by atoms with Crippen molar-refractivity contribution >= 4 is 41.5 Å². The molecule has 0 unspecified atom stereocenters. The summed E-state index contributed by atoms with van der Waals surface area (Å²) in [4.78, 5) is 23.3. The first-order chi connectivity index (χ1) is 9.69. The fourth-order valence-corrected chi connectivity index (χ4v) is 1.53. The normalized spacial score (nSPS) is 9.62. The van der Waals surface area contributed by atoms with Gasteiger partial charge < -0.3 is 9.47 Å². The number of ether oxygens (including phenoxy) is 2. The molecule has 0 aliphatic heterocycles. The van der Waals surface area contributed by atoms with Crippen molar-refractivity contribution in [2.24, 2.45) is 0 Å². The summed E-state index contributed by atoms with van der Waals surface area (Å²) in [6, 6.07) is 6.35. The van der Waals surface area contributed by atoms with Gasteiger partial charge in [0.25, 0.3) is 0 Å². The molecule has 1 aromatic carbocycles. The van der Waals surface area contributed by atoms with Crippen LogP contribution < -0.4 is 0 Å². The van der Waals surface area contributed by atoms with Gasteiger partial charge in [0.1, 0.15) is 0 Å². The molecule has 0 amide bonds. The molecule has 1 rings (SSSR count). The minimum atomic E-state index is -0.357. The predicted octanol–water partition coefficient (Wildman–Crippen LogP) is 2.95. The standard InChI is InChI=1S/C16H22O4.Na.H/c1-3-5-11-19-15(17)13-7-9-14(10-8-13)16(18)20-12-6-4-2;;/h7-10H,3-6,11-12H2,1-2H3;;. The van der Waals surface area contributed by atoms with E-state index >= 15 is 0 Å². The Labute approximate surface area is 148 Å². The second-order valence-electron chi connectivity index (χ2n) is 4.56. The molecule has 1 aromatic rings. The second kappa shape index (κ2) is 11.8. The van der Waals surface area contributed by atoms with Gasteiger partial charge in [-0.3, -0.25) is 0 Å². The number of benzene rings is 1. The van der Waals surface area contributed by atoms with Crippen LogP contribution in [0.2, 0.25) is 0 Å². The molecule has 0 saturated heterocycles. The predicted molar refractivity (Wildman–Crippen MR) is 84.0 cm³/mol. The Morgan fingerprint density at radius 3 is 1.43 bits per heavy atom. The Morgan fingerprint density at radius 1 is 0.810 bits per heavy atom. The first kappa shape index (κ1) is 20.2. The first-order valence-corrected chi connectivity index (χ1v) is 7.13. The van der Waals surface area contributed by atoms with Crippen molar-refractivity contribution < 1.29 is 19.1 Å². The molecule has 0 radical (unpaired) electrons. The number of hydrogen-bond donors (Lipinski definition) is 0. The van der Waals surface area contributed by atoms with Crippen molar-refractivity contribution in [1.29, 1.82) is 0 Å². The van der Waals surface area contributed by atoms with Crippen LogP contribution in [0, 0.1) is 0 Å². The Hall–Kier alpha value is -0.840. The quantitative estimate of drug-likeness (QED) is 0.421. The van der Waals surface area contributed by atoms with Gasteiger partial charge in [0.2, 0.25) is 0 Å². The fraction of sp³-hybridized carbons (Fsp3) is 0.500. The zero-order valence-corrected chi connectivity index (χ0v) is 12.2. The van der Waals surface area contributed by atoms with Crippen LogP contribution in [0.3, 0.4) is 0 Å². The van der Waals surface area contributed by atoms with Crippen LogP contribution >= 0.6 is 0 Å². The van der Waals surface area contributed by atoms with Gasteiger partial charge in [-0.2, -0.15) is 0 Å². The van der Waals surface area contributed by atoms with E-state index in [1.165, 1.54) is 0 Å². The van der Waals surface area contributed by atoms with Crippen LogP contribution in [0.4, 0.5) is 0 Å². The molecule has 0 aromatic heterocycles. The van der Waals surface area contributed by atoms with Gasteiger partial charge in [0.05, 0.1) is 24.3 Å². The van der Waals surface area contributed by atoms with E-state index in [0.29, 0.717) is 24.3 Å². The average molecular weight is 302 g/mol. The van der Waals surface area contributed by atoms with Crippen LogP contribution in [-0.2, 0) is 9.47 Å². The number of esters is 2. The fourth-order valence-electron chi connectivity index (χ4n) is 1.53. The summed E-state index contributed by atoms with van der Waals surface area (Å²) in [5.41, 5.74) is 0.900. The number of rotatable bonds is 8. The third-order valence-corrected chi connectivity index (χ3v) is 2.82. The summed E-state index contributed by atoms with van der Waals surface area (Å²) in [5, 5.41) is 0. The van der Waals surface area contributed by atoms with Crippen molar-refractivity contribution in [3.05, 3.63) is 35.4 Å². The van der Waals surface area contributed by atoms with Crippen molar-refractivity contribution in [1.82, 2.24) is 0 Å². The van der Waals surface area contributed by atoms with Crippen molar-refractivity contribution in [2.75, 3.05) is 13.2 Å². The van der Waals surface area contributed by atoms with E-state index in [1.807, 2.05) is 13.8 Å². The summed E-state index contributed by atoms with van der Waals surface area (Å²) in [6.45, 7) is 4.92.